The fourth-order valence-electron chi connectivity index (χ4n) is 2.30. The number of thiophene rings is 1. The van der Waals surface area contributed by atoms with Gasteiger partial charge < -0.3 is 5.32 Å². The molecule has 0 saturated heterocycles. The van der Waals surface area contributed by atoms with Crippen LogP contribution in [0.3, 0.4) is 0 Å². The Morgan fingerprint density at radius 2 is 2.19 bits per heavy atom. The molecule has 2 heterocycles. The maximum Gasteiger partial charge on any atom is 0.0847 e. The number of hydrogen-bond acceptors (Lipinski definition) is 3. The van der Waals surface area contributed by atoms with Gasteiger partial charge in [0, 0.05) is 19.5 Å². The Bertz CT molecular complexity index is 624. The van der Waals surface area contributed by atoms with Crippen molar-refractivity contribution in [2.24, 2.45) is 7.05 Å². The van der Waals surface area contributed by atoms with E-state index in [1.807, 2.05) is 18.7 Å². The lowest BCUT2D eigenvalue weighted by molar-refractivity contribution is 0.512. The maximum atomic E-state index is 6.40. The molecule has 1 N–H and O–H groups in total. The summed E-state index contributed by atoms with van der Waals surface area (Å²) < 4.78 is 4.16. The monoisotopic (exact) mass is 453 g/mol. The molecule has 2 rings (SSSR count). The van der Waals surface area contributed by atoms with Gasteiger partial charge in [0.05, 0.1) is 24.0 Å². The predicted octanol–water partition coefficient (Wildman–Crippen LogP) is 5.25. The van der Waals surface area contributed by atoms with Gasteiger partial charge in [-0.15, -0.1) is 11.3 Å². The Hall–Kier alpha value is 0.120. The van der Waals surface area contributed by atoms with Crippen LogP contribution < -0.4 is 5.32 Å². The van der Waals surface area contributed by atoms with Crippen LogP contribution in [0.5, 0.6) is 0 Å². The first kappa shape index (κ1) is 17.5. The third-order valence-electron chi connectivity index (χ3n) is 3.36. The molecule has 3 nitrogen and oxygen atoms in total. The highest BCUT2D eigenvalue weighted by Gasteiger charge is 2.21. The summed E-state index contributed by atoms with van der Waals surface area (Å²) in [7, 11) is 1.95. The van der Waals surface area contributed by atoms with E-state index in [4.69, 9.17) is 11.6 Å². The molecule has 7 heteroatoms. The van der Waals surface area contributed by atoms with Crippen LogP contribution in [-0.2, 0) is 13.5 Å². The molecule has 0 aliphatic carbocycles. The zero-order chi connectivity index (χ0) is 15.6. The average Bonchev–Trinajstić information content (AvgIpc) is 2.87. The van der Waals surface area contributed by atoms with Gasteiger partial charge in [0.2, 0.25) is 0 Å². The van der Waals surface area contributed by atoms with Gasteiger partial charge in [0.25, 0.3) is 0 Å². The molecule has 0 bridgehead atoms. The minimum absolute atomic E-state index is 0.217. The van der Waals surface area contributed by atoms with Crippen LogP contribution in [0, 0.1) is 6.92 Å². The van der Waals surface area contributed by atoms with Gasteiger partial charge in [0.15, 0.2) is 0 Å². The molecule has 0 fully saturated rings. The van der Waals surface area contributed by atoms with E-state index < -0.39 is 0 Å². The van der Waals surface area contributed by atoms with Crippen LogP contribution in [0.2, 0.25) is 5.02 Å². The first-order chi connectivity index (χ1) is 9.93. The largest absolute Gasteiger partial charge is 0.310 e. The van der Waals surface area contributed by atoms with Gasteiger partial charge >= 0.3 is 0 Å². The lowest BCUT2D eigenvalue weighted by atomic mass is 10.0. The molecule has 0 amide bonds. The number of nitrogens with zero attached hydrogens (tertiary/aromatic N) is 2. The normalized spacial score (nSPS) is 12.9. The minimum Gasteiger partial charge on any atom is -0.310 e. The summed E-state index contributed by atoms with van der Waals surface area (Å²) in [6.45, 7) is 5.08. The number of nitrogens with one attached hydrogen (secondary N) is 1. The second kappa shape index (κ2) is 7.59. The van der Waals surface area contributed by atoms with Crippen molar-refractivity contribution in [3.05, 3.63) is 35.6 Å². The van der Waals surface area contributed by atoms with E-state index in [2.05, 4.69) is 55.3 Å². The average molecular weight is 456 g/mol. The zero-order valence-electron chi connectivity index (χ0n) is 12.2. The van der Waals surface area contributed by atoms with E-state index in [9.17, 15) is 0 Å². The van der Waals surface area contributed by atoms with Crippen molar-refractivity contribution in [3.63, 3.8) is 0 Å². The third kappa shape index (κ3) is 4.10. The second-order valence-electron chi connectivity index (χ2n) is 4.96. The molecule has 0 radical (unpaired) electrons. The molecule has 0 aromatic carbocycles. The van der Waals surface area contributed by atoms with Gasteiger partial charge in [-0.2, -0.15) is 5.10 Å². The molecule has 2 aromatic rings. The summed E-state index contributed by atoms with van der Waals surface area (Å²) in [5.74, 6) is 0. The first-order valence-electron chi connectivity index (χ1n) is 6.80. The SMILES string of the molecule is CCCNC(Cc1c(Cl)c(C)nn1C)c1cc(Br)sc1Br. The van der Waals surface area contributed by atoms with E-state index in [0.717, 1.165) is 43.4 Å². The van der Waals surface area contributed by atoms with Crippen LogP contribution >= 0.6 is 54.8 Å². The summed E-state index contributed by atoms with van der Waals surface area (Å²) in [5, 5.41) is 8.78. The van der Waals surface area contributed by atoms with Gasteiger partial charge in [-0.3, -0.25) is 4.68 Å². The standard InChI is InChI=1S/C14H18Br2ClN3S/c1-4-5-18-10(9-6-12(15)21-14(9)16)7-11-13(17)8(2)19-20(11)3/h6,10,18H,4-5,7H2,1-3H3. The number of rotatable bonds is 6. The summed E-state index contributed by atoms with van der Waals surface area (Å²) in [6, 6.07) is 2.38. The van der Waals surface area contributed by atoms with Crippen LogP contribution in [-0.4, -0.2) is 16.3 Å². The summed E-state index contributed by atoms with van der Waals surface area (Å²) in [4.78, 5) is 0. The van der Waals surface area contributed by atoms with Crippen molar-refractivity contribution in [2.45, 2.75) is 32.7 Å². The van der Waals surface area contributed by atoms with E-state index >= 15 is 0 Å². The van der Waals surface area contributed by atoms with Gasteiger partial charge in [-0.05, 0) is 63.4 Å². The molecule has 0 aliphatic rings. The number of aromatic nitrogens is 2. The van der Waals surface area contributed by atoms with Gasteiger partial charge in [0.1, 0.15) is 0 Å². The van der Waals surface area contributed by atoms with Crippen molar-refractivity contribution in [1.82, 2.24) is 15.1 Å². The molecule has 0 spiro atoms. The van der Waals surface area contributed by atoms with Gasteiger partial charge in [-0.1, -0.05) is 18.5 Å². The maximum absolute atomic E-state index is 6.40. The Morgan fingerprint density at radius 1 is 1.48 bits per heavy atom. The van der Waals surface area contributed by atoms with E-state index in [0.29, 0.717) is 0 Å². The quantitative estimate of drug-likeness (QED) is 0.645. The van der Waals surface area contributed by atoms with Crippen LogP contribution in [0.15, 0.2) is 13.6 Å². The lowest BCUT2D eigenvalue weighted by Gasteiger charge is -2.18. The zero-order valence-corrected chi connectivity index (χ0v) is 17.0. The molecule has 2 aromatic heterocycles. The topological polar surface area (TPSA) is 29.9 Å². The summed E-state index contributed by atoms with van der Waals surface area (Å²) >= 11 is 15.3. The van der Waals surface area contributed by atoms with E-state index in [-0.39, 0.29) is 6.04 Å². The molecular formula is C14H18Br2ClN3S. The molecule has 1 unspecified atom stereocenters. The Labute approximate surface area is 151 Å². The molecule has 21 heavy (non-hydrogen) atoms. The van der Waals surface area contributed by atoms with Crippen molar-refractivity contribution in [2.75, 3.05) is 6.54 Å². The van der Waals surface area contributed by atoms with Gasteiger partial charge in [-0.25, -0.2) is 0 Å². The first-order valence-corrected chi connectivity index (χ1v) is 9.58. The Kier molecular flexibility index (Phi) is 6.32. The van der Waals surface area contributed by atoms with Crippen molar-refractivity contribution < 1.29 is 0 Å². The molecular weight excluding hydrogens is 438 g/mol. The molecule has 1 atom stereocenters. The van der Waals surface area contributed by atoms with Crippen LogP contribution in [0.1, 0.15) is 36.3 Å². The minimum atomic E-state index is 0.217. The lowest BCUT2D eigenvalue weighted by Crippen LogP contribution is -2.25. The Balaban J connectivity index is 2.30. The molecule has 116 valence electrons. The van der Waals surface area contributed by atoms with E-state index in [1.54, 1.807) is 11.3 Å². The summed E-state index contributed by atoms with van der Waals surface area (Å²) in [5.41, 5.74) is 3.21. The van der Waals surface area contributed by atoms with Crippen molar-refractivity contribution >= 4 is 54.8 Å². The third-order valence-corrected chi connectivity index (χ3v) is 6.24. The fourth-order valence-corrected chi connectivity index (χ4v) is 5.51. The highest BCUT2D eigenvalue weighted by atomic mass is 79.9. The van der Waals surface area contributed by atoms with E-state index in [1.165, 1.54) is 5.56 Å². The summed E-state index contributed by atoms with van der Waals surface area (Å²) in [6.07, 6.45) is 1.91. The predicted molar refractivity (Wildman–Crippen MR) is 97.4 cm³/mol. The van der Waals surface area contributed by atoms with Crippen LogP contribution in [0.4, 0.5) is 0 Å². The Morgan fingerprint density at radius 3 is 2.67 bits per heavy atom. The van der Waals surface area contributed by atoms with Crippen molar-refractivity contribution in [3.8, 4) is 0 Å². The fraction of sp³-hybridized carbons (Fsp3) is 0.500. The van der Waals surface area contributed by atoms with Crippen LogP contribution in [0.25, 0.3) is 0 Å². The highest BCUT2D eigenvalue weighted by Crippen LogP contribution is 2.37. The highest BCUT2D eigenvalue weighted by molar-refractivity contribution is 9.12. The molecule has 0 saturated carbocycles. The number of aryl methyl sites for hydroxylation is 2. The number of halogens is 3. The second-order valence-corrected chi connectivity index (χ2v) is 9.09. The number of hydrogen-bond donors (Lipinski definition) is 1. The molecule has 0 aliphatic heterocycles. The smallest absolute Gasteiger partial charge is 0.0847 e. The van der Waals surface area contributed by atoms with Crippen molar-refractivity contribution in [1.29, 1.82) is 0 Å².